The molecule has 3 heterocycles. The van der Waals surface area contributed by atoms with Gasteiger partial charge in [-0.1, -0.05) is 23.8 Å². The van der Waals surface area contributed by atoms with Crippen LogP contribution in [0.1, 0.15) is 35.6 Å². The molecule has 0 radical (unpaired) electrons. The Morgan fingerprint density at radius 2 is 1.74 bits per heavy atom. The van der Waals surface area contributed by atoms with Crippen molar-refractivity contribution in [1.82, 2.24) is 24.5 Å². The topological polar surface area (TPSA) is 142 Å². The number of sulfonamides is 1. The van der Waals surface area contributed by atoms with Crippen LogP contribution in [0.4, 0.5) is 19.0 Å². The quantitative estimate of drug-likeness (QED) is 0.355. The molecule has 4 aromatic rings. The minimum absolute atomic E-state index is 0. The minimum atomic E-state index is -4.68. The number of nitrogens with zero attached hydrogens (tertiary/aromatic N) is 4. The summed E-state index contributed by atoms with van der Waals surface area (Å²) in [6.45, 7) is 5.41. The van der Waals surface area contributed by atoms with E-state index < -0.39 is 32.8 Å². The number of benzene rings is 1. The van der Waals surface area contributed by atoms with E-state index in [2.05, 4.69) is 15.1 Å². The molecule has 0 saturated heterocycles. The van der Waals surface area contributed by atoms with Gasteiger partial charge < -0.3 is 10.5 Å². The predicted octanol–water partition coefficient (Wildman–Crippen LogP) is 4.59. The third-order valence-corrected chi connectivity index (χ3v) is 6.49. The number of halogens is 3. The highest BCUT2D eigenvalue weighted by atomic mass is 32.2. The van der Waals surface area contributed by atoms with Gasteiger partial charge in [0.15, 0.2) is 16.5 Å². The van der Waals surface area contributed by atoms with E-state index in [0.717, 1.165) is 28.6 Å². The predicted molar refractivity (Wildman–Crippen MR) is 135 cm³/mol. The molecule has 0 atom stereocenters. The van der Waals surface area contributed by atoms with Gasteiger partial charge in [-0.2, -0.15) is 31.7 Å². The van der Waals surface area contributed by atoms with Gasteiger partial charge >= 0.3 is 6.18 Å². The van der Waals surface area contributed by atoms with E-state index in [1.54, 1.807) is 13.8 Å². The average molecular weight is 551 g/mol. The molecule has 0 saturated carbocycles. The first-order valence-corrected chi connectivity index (χ1v) is 12.4. The van der Waals surface area contributed by atoms with E-state index in [1.807, 2.05) is 23.8 Å². The van der Waals surface area contributed by atoms with Gasteiger partial charge in [-0.05, 0) is 62.2 Å². The molecule has 3 aromatic heterocycles. The molecule has 0 aliphatic carbocycles. The third kappa shape index (κ3) is 5.59. The van der Waals surface area contributed by atoms with Crippen LogP contribution >= 0.6 is 0 Å². The molecule has 4 rings (SSSR count). The smallest absolute Gasteiger partial charge is 0.435 e. The molecule has 14 heteroatoms. The van der Waals surface area contributed by atoms with Crippen LogP contribution in [0, 0.1) is 20.8 Å². The zero-order chi connectivity index (χ0) is 27.8. The van der Waals surface area contributed by atoms with Gasteiger partial charge in [-0.3, -0.25) is 4.79 Å². The summed E-state index contributed by atoms with van der Waals surface area (Å²) in [6, 6.07) is 10.7. The van der Waals surface area contributed by atoms with Crippen molar-refractivity contribution in [1.29, 1.82) is 0 Å². The number of carbonyl (C=O) groups excluding carboxylic acids is 1. The summed E-state index contributed by atoms with van der Waals surface area (Å²) in [4.78, 5) is 21.0. The van der Waals surface area contributed by atoms with Gasteiger partial charge in [-0.15, -0.1) is 0 Å². The lowest BCUT2D eigenvalue weighted by atomic mass is 10.1. The van der Waals surface area contributed by atoms with Gasteiger partial charge in [0.2, 0.25) is 5.88 Å². The van der Waals surface area contributed by atoms with Crippen molar-refractivity contribution in [3.05, 3.63) is 82.7 Å². The van der Waals surface area contributed by atoms with Crippen molar-refractivity contribution in [2.45, 2.75) is 32.0 Å². The maximum absolute atomic E-state index is 13.1. The highest BCUT2D eigenvalue weighted by Crippen LogP contribution is 2.32. The van der Waals surface area contributed by atoms with Gasteiger partial charge in [0.05, 0.1) is 0 Å². The zero-order valence-electron chi connectivity index (χ0n) is 20.2. The SMILES string of the molecule is Cc1cc(C)c(Oc2nc(-n3ccc(C(F)(F)F)n3)ccc2C(=O)NS(=O)(=O)c2cccc(N)n2)c(C)c1.[HH].[HH]. The van der Waals surface area contributed by atoms with Gasteiger partial charge in [0, 0.05) is 9.05 Å². The number of rotatable bonds is 6. The molecule has 0 fully saturated rings. The van der Waals surface area contributed by atoms with Crippen LogP contribution in [-0.4, -0.2) is 34.1 Å². The van der Waals surface area contributed by atoms with Crippen molar-refractivity contribution in [2.75, 3.05) is 5.73 Å². The summed E-state index contributed by atoms with van der Waals surface area (Å²) in [5.74, 6) is -1.30. The lowest BCUT2D eigenvalue weighted by Crippen LogP contribution is -2.31. The number of ether oxygens (including phenoxy) is 1. The monoisotopic (exact) mass is 550 g/mol. The molecule has 0 spiro atoms. The van der Waals surface area contributed by atoms with Crippen LogP contribution in [0.5, 0.6) is 11.6 Å². The summed E-state index contributed by atoms with van der Waals surface area (Å²) in [5, 5.41) is 3.00. The number of nitrogens with two attached hydrogens (primary N) is 1. The van der Waals surface area contributed by atoms with Crippen LogP contribution in [0.3, 0.4) is 0 Å². The number of amides is 1. The number of hydrogen-bond donors (Lipinski definition) is 2. The summed E-state index contributed by atoms with van der Waals surface area (Å²) in [5.41, 5.74) is 6.43. The lowest BCUT2D eigenvalue weighted by Gasteiger charge is -2.16. The number of nitrogen functional groups attached to an aromatic ring is 1. The van der Waals surface area contributed by atoms with Gasteiger partial charge in [-0.25, -0.2) is 14.4 Å². The minimum Gasteiger partial charge on any atom is -0.438 e. The molecule has 3 N–H and O–H groups in total. The molecule has 0 bridgehead atoms. The molecular formula is C24H25F3N6O4S. The normalized spacial score (nSPS) is 11.8. The third-order valence-electron chi connectivity index (χ3n) is 5.26. The van der Waals surface area contributed by atoms with E-state index in [-0.39, 0.29) is 25.9 Å². The Hall–Kier alpha value is -4.46. The number of aryl methyl sites for hydroxylation is 3. The van der Waals surface area contributed by atoms with Crippen LogP contribution in [0.25, 0.3) is 5.82 Å². The molecule has 0 unspecified atom stereocenters. The summed E-state index contributed by atoms with van der Waals surface area (Å²) in [6.07, 6.45) is -3.63. The van der Waals surface area contributed by atoms with Crippen LogP contribution in [-0.2, 0) is 16.2 Å². The maximum atomic E-state index is 13.1. The first-order chi connectivity index (χ1) is 17.7. The van der Waals surface area contributed by atoms with Crippen LogP contribution in [0.15, 0.2) is 59.8 Å². The van der Waals surface area contributed by atoms with E-state index >= 15 is 0 Å². The van der Waals surface area contributed by atoms with Crippen LogP contribution in [0.2, 0.25) is 0 Å². The Morgan fingerprint density at radius 3 is 2.34 bits per heavy atom. The summed E-state index contributed by atoms with van der Waals surface area (Å²) in [7, 11) is -4.43. The van der Waals surface area contributed by atoms with E-state index in [1.165, 1.54) is 24.3 Å². The number of aromatic nitrogens is 4. The Kier molecular flexibility index (Phi) is 6.84. The standard InChI is InChI=1S/C24H21F3N6O4S.2H2/c1-13-11-14(2)21(15(3)12-13)37-23-16(22(34)32-38(35,36)20-6-4-5-18(28)29-20)7-8-19(30-23)33-10-9-17(31-33)24(25,26)27;;/h4-12H,1-3H3,(H2,28,29)(H,32,34);2*1H. The highest BCUT2D eigenvalue weighted by Gasteiger charge is 2.34. The Morgan fingerprint density at radius 1 is 1.05 bits per heavy atom. The van der Waals surface area contributed by atoms with Crippen molar-refractivity contribution < 1.29 is 34.0 Å². The van der Waals surface area contributed by atoms with Gasteiger partial charge in [0.25, 0.3) is 15.9 Å². The average Bonchev–Trinajstić information content (AvgIpc) is 3.32. The molecule has 1 aromatic carbocycles. The number of hydrogen-bond acceptors (Lipinski definition) is 8. The zero-order valence-corrected chi connectivity index (χ0v) is 21.1. The Bertz CT molecular complexity index is 1640. The van der Waals surface area contributed by atoms with Crippen molar-refractivity contribution in [3.8, 4) is 17.4 Å². The number of nitrogens with one attached hydrogen (secondary N) is 1. The van der Waals surface area contributed by atoms with E-state index in [9.17, 15) is 26.4 Å². The fourth-order valence-corrected chi connectivity index (χ4v) is 4.59. The van der Waals surface area contributed by atoms with Crippen molar-refractivity contribution in [2.24, 2.45) is 0 Å². The highest BCUT2D eigenvalue weighted by molar-refractivity contribution is 7.90. The number of alkyl halides is 3. The summed E-state index contributed by atoms with van der Waals surface area (Å²) >= 11 is 0. The number of pyridine rings is 2. The van der Waals surface area contributed by atoms with Crippen LogP contribution < -0.4 is 15.2 Å². The van der Waals surface area contributed by atoms with Crippen molar-refractivity contribution >= 4 is 21.7 Å². The fraction of sp³-hybridized carbons (Fsp3) is 0.167. The first-order valence-electron chi connectivity index (χ1n) is 10.9. The number of carbonyl (C=O) groups is 1. The van der Waals surface area contributed by atoms with E-state index in [4.69, 9.17) is 10.5 Å². The second-order valence-corrected chi connectivity index (χ2v) is 9.96. The first kappa shape index (κ1) is 26.6. The van der Waals surface area contributed by atoms with Gasteiger partial charge in [0.1, 0.15) is 17.1 Å². The maximum Gasteiger partial charge on any atom is 0.435 e. The number of anilines is 1. The fourth-order valence-electron chi connectivity index (χ4n) is 3.65. The molecule has 202 valence electrons. The largest absolute Gasteiger partial charge is 0.438 e. The second-order valence-electron chi connectivity index (χ2n) is 8.33. The molecular weight excluding hydrogens is 525 g/mol. The molecule has 0 aliphatic heterocycles. The Labute approximate surface area is 218 Å². The molecule has 10 nitrogen and oxygen atoms in total. The second kappa shape index (κ2) is 9.78. The van der Waals surface area contributed by atoms with E-state index in [0.29, 0.717) is 16.9 Å². The molecule has 0 aliphatic rings. The lowest BCUT2D eigenvalue weighted by molar-refractivity contribution is -0.141. The summed E-state index contributed by atoms with van der Waals surface area (Å²) < 4.78 is 73.3. The van der Waals surface area contributed by atoms with Crippen molar-refractivity contribution in [3.63, 3.8) is 0 Å². The molecule has 38 heavy (non-hydrogen) atoms. The molecule has 1 amide bonds. The Balaban J connectivity index is 0.00000280.